The maximum absolute atomic E-state index is 5.65. The first-order valence-electron chi connectivity index (χ1n) is 4.12. The fraction of sp³-hybridized carbons (Fsp3) is 0.375. The van der Waals surface area contributed by atoms with Crippen LogP contribution in [0.2, 0.25) is 0 Å². The Hall–Kier alpha value is -0.940. The number of hydrogen-bond donors (Lipinski definition) is 0. The van der Waals surface area contributed by atoms with E-state index in [1.807, 2.05) is 19.9 Å². The Kier molecular flexibility index (Phi) is 2.52. The molecule has 0 saturated carbocycles. The van der Waals surface area contributed by atoms with Crippen LogP contribution in [0.25, 0.3) is 5.13 Å². The van der Waals surface area contributed by atoms with Crippen molar-refractivity contribution in [1.29, 1.82) is 0 Å². The zero-order chi connectivity index (χ0) is 10.1. The second-order valence-electron chi connectivity index (χ2n) is 2.95. The summed E-state index contributed by atoms with van der Waals surface area (Å²) in [4.78, 5) is 0. The number of alkyl halides is 1. The highest BCUT2D eigenvalue weighted by molar-refractivity contribution is 7.13. The standard InChI is InChI=1S/C8H9ClN4S/c1-5-3-6(2)13(12-5)8-11-10-7(4-9)14-8/h3H,4H2,1-2H3. The zero-order valence-electron chi connectivity index (χ0n) is 7.86. The molecule has 2 heterocycles. The summed E-state index contributed by atoms with van der Waals surface area (Å²) in [5, 5.41) is 13.8. The normalized spacial score (nSPS) is 10.8. The number of aryl methyl sites for hydroxylation is 2. The minimum Gasteiger partial charge on any atom is -0.209 e. The summed E-state index contributed by atoms with van der Waals surface area (Å²) >= 11 is 7.11. The molecule has 2 rings (SSSR count). The van der Waals surface area contributed by atoms with Gasteiger partial charge in [-0.05, 0) is 19.9 Å². The van der Waals surface area contributed by atoms with Crippen LogP contribution in [0, 0.1) is 13.8 Å². The van der Waals surface area contributed by atoms with Gasteiger partial charge < -0.3 is 0 Å². The average Bonchev–Trinajstić information content (AvgIpc) is 2.71. The summed E-state index contributed by atoms with van der Waals surface area (Å²) in [5.41, 5.74) is 2.03. The van der Waals surface area contributed by atoms with Crippen LogP contribution in [0.1, 0.15) is 16.4 Å². The van der Waals surface area contributed by atoms with Gasteiger partial charge in [-0.15, -0.1) is 21.8 Å². The van der Waals surface area contributed by atoms with Crippen molar-refractivity contribution in [1.82, 2.24) is 20.0 Å². The minimum absolute atomic E-state index is 0.400. The summed E-state index contributed by atoms with van der Waals surface area (Å²) in [5.74, 6) is 0.400. The summed E-state index contributed by atoms with van der Waals surface area (Å²) < 4.78 is 1.78. The third-order valence-electron chi connectivity index (χ3n) is 1.76. The minimum atomic E-state index is 0.400. The monoisotopic (exact) mass is 228 g/mol. The highest BCUT2D eigenvalue weighted by atomic mass is 35.5. The highest BCUT2D eigenvalue weighted by Gasteiger charge is 2.08. The molecule has 2 aromatic heterocycles. The van der Waals surface area contributed by atoms with Gasteiger partial charge in [0.25, 0.3) is 0 Å². The third-order valence-corrected chi connectivity index (χ3v) is 3.07. The van der Waals surface area contributed by atoms with Crippen LogP contribution in [0.5, 0.6) is 0 Å². The first-order chi connectivity index (χ1) is 6.70. The summed E-state index contributed by atoms with van der Waals surface area (Å²) in [7, 11) is 0. The largest absolute Gasteiger partial charge is 0.233 e. The van der Waals surface area contributed by atoms with Gasteiger partial charge in [0.05, 0.1) is 11.6 Å². The van der Waals surface area contributed by atoms with Crippen LogP contribution in [0.3, 0.4) is 0 Å². The lowest BCUT2D eigenvalue weighted by molar-refractivity contribution is 0.806. The quantitative estimate of drug-likeness (QED) is 0.740. The molecule has 74 valence electrons. The number of hydrogen-bond acceptors (Lipinski definition) is 4. The predicted molar refractivity (Wildman–Crippen MR) is 56.1 cm³/mol. The molecule has 0 aliphatic carbocycles. The molecule has 0 aliphatic heterocycles. The molecule has 0 N–H and O–H groups in total. The predicted octanol–water partition coefficient (Wildman–Crippen LogP) is 2.08. The van der Waals surface area contributed by atoms with E-state index in [2.05, 4.69) is 15.3 Å². The Labute approximate surface area is 90.5 Å². The molecule has 0 spiro atoms. The smallest absolute Gasteiger partial charge is 0.209 e. The van der Waals surface area contributed by atoms with Crippen LogP contribution in [-0.4, -0.2) is 20.0 Å². The Morgan fingerprint density at radius 2 is 2.21 bits per heavy atom. The van der Waals surface area contributed by atoms with Crippen LogP contribution in [0.15, 0.2) is 6.07 Å². The van der Waals surface area contributed by atoms with Gasteiger partial charge in [0.1, 0.15) is 5.01 Å². The molecular weight excluding hydrogens is 220 g/mol. The van der Waals surface area contributed by atoms with Gasteiger partial charge >= 0.3 is 0 Å². The Bertz CT molecular complexity index is 448. The average molecular weight is 229 g/mol. The third kappa shape index (κ3) is 1.65. The van der Waals surface area contributed by atoms with Crippen LogP contribution in [-0.2, 0) is 5.88 Å². The molecule has 14 heavy (non-hydrogen) atoms. The van der Waals surface area contributed by atoms with Crippen molar-refractivity contribution in [2.45, 2.75) is 19.7 Å². The van der Waals surface area contributed by atoms with E-state index < -0.39 is 0 Å². The summed E-state index contributed by atoms with van der Waals surface area (Å²) in [6, 6.07) is 2.00. The van der Waals surface area contributed by atoms with E-state index in [1.54, 1.807) is 4.68 Å². The molecule has 0 fully saturated rings. The van der Waals surface area contributed by atoms with E-state index in [9.17, 15) is 0 Å². The number of rotatable bonds is 2. The van der Waals surface area contributed by atoms with E-state index in [1.165, 1.54) is 11.3 Å². The van der Waals surface area contributed by atoms with Gasteiger partial charge in [-0.2, -0.15) is 5.10 Å². The maximum Gasteiger partial charge on any atom is 0.233 e. The van der Waals surface area contributed by atoms with Crippen LogP contribution < -0.4 is 0 Å². The molecule has 0 saturated heterocycles. The lowest BCUT2D eigenvalue weighted by Gasteiger charge is -1.95. The molecule has 0 radical (unpaired) electrons. The molecule has 0 amide bonds. The Morgan fingerprint density at radius 3 is 2.71 bits per heavy atom. The van der Waals surface area contributed by atoms with Crippen molar-refractivity contribution in [2.24, 2.45) is 0 Å². The molecule has 0 unspecified atom stereocenters. The van der Waals surface area contributed by atoms with E-state index in [0.717, 1.165) is 21.5 Å². The Balaban J connectivity index is 2.43. The molecule has 0 atom stereocenters. The molecule has 2 aromatic rings. The summed E-state index contributed by atoms with van der Waals surface area (Å²) in [6.45, 7) is 3.94. The van der Waals surface area contributed by atoms with Crippen LogP contribution in [0.4, 0.5) is 0 Å². The van der Waals surface area contributed by atoms with Crippen molar-refractivity contribution >= 4 is 22.9 Å². The zero-order valence-corrected chi connectivity index (χ0v) is 9.43. The van der Waals surface area contributed by atoms with Crippen molar-refractivity contribution in [2.75, 3.05) is 0 Å². The van der Waals surface area contributed by atoms with Gasteiger partial charge in [-0.25, -0.2) is 4.68 Å². The van der Waals surface area contributed by atoms with E-state index in [0.29, 0.717) is 5.88 Å². The van der Waals surface area contributed by atoms with Crippen LogP contribution >= 0.6 is 22.9 Å². The molecule has 4 nitrogen and oxygen atoms in total. The van der Waals surface area contributed by atoms with E-state index in [4.69, 9.17) is 11.6 Å². The van der Waals surface area contributed by atoms with Gasteiger partial charge in [0, 0.05) is 5.69 Å². The first-order valence-corrected chi connectivity index (χ1v) is 5.48. The summed E-state index contributed by atoms with van der Waals surface area (Å²) in [6.07, 6.45) is 0. The maximum atomic E-state index is 5.65. The van der Waals surface area contributed by atoms with Crippen molar-refractivity contribution in [3.05, 3.63) is 22.5 Å². The number of nitrogens with zero attached hydrogens (tertiary/aromatic N) is 4. The topological polar surface area (TPSA) is 43.6 Å². The number of aromatic nitrogens is 4. The lowest BCUT2D eigenvalue weighted by Crippen LogP contribution is -1.97. The second-order valence-corrected chi connectivity index (χ2v) is 4.26. The second kappa shape index (κ2) is 3.67. The molecule has 0 aromatic carbocycles. The van der Waals surface area contributed by atoms with Gasteiger partial charge in [-0.3, -0.25) is 0 Å². The molecule has 6 heteroatoms. The Morgan fingerprint density at radius 1 is 1.43 bits per heavy atom. The van der Waals surface area contributed by atoms with Crippen molar-refractivity contribution in [3.63, 3.8) is 0 Å². The SMILES string of the molecule is Cc1cc(C)n(-c2nnc(CCl)s2)n1. The lowest BCUT2D eigenvalue weighted by atomic mass is 10.4. The first kappa shape index (κ1) is 9.61. The fourth-order valence-electron chi connectivity index (χ4n) is 1.21. The van der Waals surface area contributed by atoms with Gasteiger partial charge in [0.15, 0.2) is 0 Å². The van der Waals surface area contributed by atoms with E-state index >= 15 is 0 Å². The molecular formula is C8H9ClN4S. The van der Waals surface area contributed by atoms with Gasteiger partial charge in [0.2, 0.25) is 5.13 Å². The van der Waals surface area contributed by atoms with Crippen molar-refractivity contribution < 1.29 is 0 Å². The molecule has 0 bridgehead atoms. The highest BCUT2D eigenvalue weighted by Crippen LogP contribution is 2.17. The molecule has 0 aliphatic rings. The van der Waals surface area contributed by atoms with Crippen molar-refractivity contribution in [3.8, 4) is 5.13 Å². The number of halogens is 1. The van der Waals surface area contributed by atoms with Gasteiger partial charge in [-0.1, -0.05) is 11.3 Å². The fourth-order valence-corrected chi connectivity index (χ4v) is 2.12. The van der Waals surface area contributed by atoms with E-state index in [-0.39, 0.29) is 0 Å².